The number of benzene rings is 1. The van der Waals surface area contributed by atoms with E-state index in [1.54, 1.807) is 0 Å². The predicted octanol–water partition coefficient (Wildman–Crippen LogP) is 4.76. The molecule has 3 heterocycles. The molecule has 0 aliphatic carbocycles. The Labute approximate surface area is 174 Å². The van der Waals surface area contributed by atoms with Crippen LogP contribution in [0.1, 0.15) is 24.6 Å². The Morgan fingerprint density at radius 2 is 1.94 bits per heavy atom. The quantitative estimate of drug-likeness (QED) is 0.581. The van der Waals surface area contributed by atoms with Crippen LogP contribution < -0.4 is 4.74 Å². The smallest absolute Gasteiger partial charge is 0.409 e. The topological polar surface area (TPSA) is 58.5 Å². The van der Waals surface area contributed by atoms with Crippen molar-refractivity contribution in [3.63, 3.8) is 0 Å². The number of alkyl halides is 3. The Morgan fingerprint density at radius 3 is 2.65 bits per heavy atom. The molecule has 1 N–H and O–H groups in total. The number of ether oxygens (including phenoxy) is 1. The molecule has 31 heavy (non-hydrogen) atoms. The zero-order valence-corrected chi connectivity index (χ0v) is 16.1. The largest absolute Gasteiger partial charge is 0.453 e. The number of hydrogen-bond donors (Lipinski definition) is 1. The lowest BCUT2D eigenvalue weighted by molar-refractivity contribution is -0.191. The van der Waals surface area contributed by atoms with Gasteiger partial charge in [0.25, 0.3) is 0 Å². The number of pyridine rings is 2. The molecule has 1 aliphatic rings. The zero-order valence-electron chi connectivity index (χ0n) is 16.1. The van der Waals surface area contributed by atoms with Gasteiger partial charge in [-0.1, -0.05) is 0 Å². The summed E-state index contributed by atoms with van der Waals surface area (Å²) in [7, 11) is 0. The fourth-order valence-electron chi connectivity index (χ4n) is 3.83. The molecule has 1 aliphatic heterocycles. The van der Waals surface area contributed by atoms with E-state index in [1.807, 2.05) is 0 Å². The highest BCUT2D eigenvalue weighted by Crippen LogP contribution is 2.41. The van der Waals surface area contributed by atoms with Gasteiger partial charge in [-0.25, -0.2) is 8.78 Å². The highest BCUT2D eigenvalue weighted by atomic mass is 19.4. The average Bonchev–Trinajstić information content (AvgIpc) is 3.17. The Bertz CT molecular complexity index is 1090. The summed E-state index contributed by atoms with van der Waals surface area (Å²) in [6.45, 7) is -0.155. The summed E-state index contributed by atoms with van der Waals surface area (Å²) >= 11 is 0. The molecule has 3 aromatic rings. The van der Waals surface area contributed by atoms with Crippen LogP contribution in [0.3, 0.4) is 0 Å². The van der Waals surface area contributed by atoms with Gasteiger partial charge in [0, 0.05) is 23.7 Å². The standard InChI is InChI=1S/C21H18F5N3O2/c22-13-3-4-19(16(23)7-13)31-15-6-12-9-27-18(8-17(12)28-10-15)20(21(24,25)26)29-5-1-2-14(29)11-30/h3-4,6-10,14,20,30H,1-2,5,11H2/t14-,20?/m0/s1. The Morgan fingerprint density at radius 1 is 1.13 bits per heavy atom. The lowest BCUT2D eigenvalue weighted by Crippen LogP contribution is -2.43. The van der Waals surface area contributed by atoms with Crippen LogP contribution in [0, 0.1) is 11.6 Å². The molecular weight excluding hydrogens is 421 g/mol. The molecule has 2 aromatic heterocycles. The predicted molar refractivity (Wildman–Crippen MR) is 102 cm³/mol. The van der Waals surface area contributed by atoms with E-state index in [4.69, 9.17) is 4.74 Å². The molecule has 10 heteroatoms. The Balaban J connectivity index is 1.65. The van der Waals surface area contributed by atoms with E-state index in [9.17, 15) is 27.1 Å². The molecule has 1 fully saturated rings. The van der Waals surface area contributed by atoms with Crippen LogP contribution in [0.2, 0.25) is 0 Å². The van der Waals surface area contributed by atoms with Crippen molar-refractivity contribution in [2.75, 3.05) is 13.2 Å². The molecule has 0 amide bonds. The highest BCUT2D eigenvalue weighted by Gasteiger charge is 2.48. The molecule has 0 spiro atoms. The number of halogens is 5. The summed E-state index contributed by atoms with van der Waals surface area (Å²) < 4.78 is 73.8. The lowest BCUT2D eigenvalue weighted by atomic mass is 10.1. The van der Waals surface area contributed by atoms with Gasteiger partial charge in [-0.2, -0.15) is 13.2 Å². The van der Waals surface area contributed by atoms with Crippen molar-refractivity contribution in [2.45, 2.75) is 31.1 Å². The minimum absolute atomic E-state index is 0.125. The van der Waals surface area contributed by atoms with E-state index in [2.05, 4.69) is 9.97 Å². The maximum atomic E-state index is 13.9. The van der Waals surface area contributed by atoms with Crippen LogP contribution in [0.4, 0.5) is 22.0 Å². The van der Waals surface area contributed by atoms with Gasteiger partial charge in [-0.15, -0.1) is 0 Å². The van der Waals surface area contributed by atoms with Crippen molar-refractivity contribution in [2.24, 2.45) is 0 Å². The van der Waals surface area contributed by atoms with Gasteiger partial charge in [-0.05, 0) is 43.7 Å². The normalized spacial score (nSPS) is 18.5. The molecule has 5 nitrogen and oxygen atoms in total. The summed E-state index contributed by atoms with van der Waals surface area (Å²) in [5.74, 6) is -1.74. The summed E-state index contributed by atoms with van der Waals surface area (Å²) in [6, 6.07) is 3.00. The summed E-state index contributed by atoms with van der Waals surface area (Å²) in [5.41, 5.74) is 0.0389. The van der Waals surface area contributed by atoms with Gasteiger partial charge in [0.15, 0.2) is 11.6 Å². The second-order valence-electron chi connectivity index (χ2n) is 7.31. The molecule has 0 saturated carbocycles. The van der Waals surface area contributed by atoms with Crippen molar-refractivity contribution in [1.82, 2.24) is 14.9 Å². The maximum Gasteiger partial charge on any atom is 0.409 e. The second-order valence-corrected chi connectivity index (χ2v) is 7.31. The summed E-state index contributed by atoms with van der Waals surface area (Å²) in [6.07, 6.45) is -1.06. The van der Waals surface area contributed by atoms with Crippen molar-refractivity contribution in [3.05, 3.63) is 60.1 Å². The van der Waals surface area contributed by atoms with Crippen molar-refractivity contribution in [1.29, 1.82) is 0 Å². The third kappa shape index (κ3) is 4.45. The van der Waals surface area contributed by atoms with E-state index < -0.39 is 29.9 Å². The van der Waals surface area contributed by atoms with Crippen LogP contribution >= 0.6 is 0 Å². The van der Waals surface area contributed by atoms with Crippen LogP contribution in [0.25, 0.3) is 10.9 Å². The van der Waals surface area contributed by atoms with Crippen LogP contribution in [0.15, 0.2) is 42.7 Å². The molecular formula is C21H18F5N3O2. The SMILES string of the molecule is OC[C@@H]1CCCN1C(c1cc2ncc(Oc3ccc(F)cc3F)cc2cn1)C(F)(F)F. The zero-order chi connectivity index (χ0) is 22.2. The van der Waals surface area contributed by atoms with Gasteiger partial charge >= 0.3 is 6.18 Å². The number of aliphatic hydroxyl groups excluding tert-OH is 1. The Hall–Kier alpha value is -2.85. The third-order valence-electron chi connectivity index (χ3n) is 5.24. The van der Waals surface area contributed by atoms with E-state index in [0.29, 0.717) is 24.3 Å². The Kier molecular flexibility index (Phi) is 5.76. The molecule has 1 unspecified atom stereocenters. The maximum absolute atomic E-state index is 13.9. The van der Waals surface area contributed by atoms with E-state index >= 15 is 0 Å². The summed E-state index contributed by atoms with van der Waals surface area (Å²) in [4.78, 5) is 9.35. The fraction of sp³-hybridized carbons (Fsp3) is 0.333. The molecule has 164 valence electrons. The first-order chi connectivity index (χ1) is 14.8. The monoisotopic (exact) mass is 439 g/mol. The van der Waals surface area contributed by atoms with Crippen LogP contribution in [-0.2, 0) is 0 Å². The molecule has 0 radical (unpaired) electrons. The molecule has 0 bridgehead atoms. The van der Waals surface area contributed by atoms with E-state index in [1.165, 1.54) is 29.4 Å². The number of nitrogens with zero attached hydrogens (tertiary/aromatic N) is 3. The highest BCUT2D eigenvalue weighted by molar-refractivity contribution is 5.79. The number of aliphatic hydroxyl groups is 1. The number of fused-ring (bicyclic) bond motifs is 1. The molecule has 1 saturated heterocycles. The number of aromatic nitrogens is 2. The molecule has 2 atom stereocenters. The number of rotatable bonds is 5. The first-order valence-corrected chi connectivity index (χ1v) is 9.58. The van der Waals surface area contributed by atoms with Gasteiger partial charge in [0.05, 0.1) is 24.0 Å². The van der Waals surface area contributed by atoms with Crippen molar-refractivity contribution in [3.8, 4) is 11.5 Å². The fourth-order valence-corrected chi connectivity index (χ4v) is 3.83. The second kappa shape index (κ2) is 8.35. The first-order valence-electron chi connectivity index (χ1n) is 9.58. The number of hydrogen-bond acceptors (Lipinski definition) is 5. The van der Waals surface area contributed by atoms with Crippen molar-refractivity contribution < 1.29 is 31.8 Å². The number of likely N-dealkylation sites (tertiary alicyclic amines) is 1. The first kappa shape index (κ1) is 21.4. The molecule has 4 rings (SSSR count). The van der Waals surface area contributed by atoms with Gasteiger partial charge in [0.1, 0.15) is 17.6 Å². The van der Waals surface area contributed by atoms with Crippen LogP contribution in [0.5, 0.6) is 11.5 Å². The van der Waals surface area contributed by atoms with Gasteiger partial charge < -0.3 is 9.84 Å². The van der Waals surface area contributed by atoms with E-state index in [-0.39, 0.29) is 35.9 Å². The third-order valence-corrected chi connectivity index (χ3v) is 5.24. The van der Waals surface area contributed by atoms with Crippen molar-refractivity contribution >= 4 is 10.9 Å². The van der Waals surface area contributed by atoms with E-state index in [0.717, 1.165) is 12.1 Å². The summed E-state index contributed by atoms with van der Waals surface area (Å²) in [5, 5.41) is 9.85. The molecule has 1 aromatic carbocycles. The van der Waals surface area contributed by atoms with Crippen LogP contribution in [-0.4, -0.2) is 45.3 Å². The van der Waals surface area contributed by atoms with Gasteiger partial charge in [0.2, 0.25) is 0 Å². The minimum Gasteiger partial charge on any atom is -0.453 e. The van der Waals surface area contributed by atoms with Gasteiger partial charge in [-0.3, -0.25) is 14.9 Å². The average molecular weight is 439 g/mol. The lowest BCUT2D eigenvalue weighted by Gasteiger charge is -2.33. The minimum atomic E-state index is -4.58.